The number of carbonyl (C=O) groups is 2. The molecule has 2 saturated heterocycles. The zero-order chi connectivity index (χ0) is 8.55. The van der Waals surface area contributed by atoms with Crippen LogP contribution in [0.4, 0.5) is 0 Å². The van der Waals surface area contributed by atoms with Crippen LogP contribution in [0.3, 0.4) is 0 Å². The molecule has 2 unspecified atom stereocenters. The highest BCUT2D eigenvalue weighted by molar-refractivity contribution is 5.84. The maximum atomic E-state index is 11.2. The number of nitrogens with one attached hydrogen (secondary N) is 2. The van der Waals surface area contributed by atoms with Crippen molar-refractivity contribution >= 4 is 11.8 Å². The molecule has 2 aliphatic heterocycles. The van der Waals surface area contributed by atoms with Crippen molar-refractivity contribution in [2.24, 2.45) is 11.8 Å². The number of amides is 2. The molecule has 0 aromatic rings. The predicted molar refractivity (Wildman–Crippen MR) is 42.2 cm³/mol. The van der Waals surface area contributed by atoms with Gasteiger partial charge in [0.25, 0.3) is 0 Å². The van der Waals surface area contributed by atoms with Crippen LogP contribution in [-0.4, -0.2) is 24.9 Å². The summed E-state index contributed by atoms with van der Waals surface area (Å²) in [5.74, 6) is 0.514. The van der Waals surface area contributed by atoms with E-state index in [9.17, 15) is 9.59 Å². The van der Waals surface area contributed by atoms with Gasteiger partial charge in [0.05, 0.1) is 0 Å². The molecular formula is C8H12N2O2. The van der Waals surface area contributed by atoms with Crippen molar-refractivity contribution < 1.29 is 9.59 Å². The molecule has 0 radical (unpaired) electrons. The Kier molecular flexibility index (Phi) is 1.75. The van der Waals surface area contributed by atoms with Gasteiger partial charge in [-0.15, -0.1) is 0 Å². The minimum atomic E-state index is 0.0731. The van der Waals surface area contributed by atoms with Gasteiger partial charge in [-0.3, -0.25) is 9.59 Å². The van der Waals surface area contributed by atoms with Gasteiger partial charge in [-0.05, 0) is 12.3 Å². The Bertz CT molecular complexity index is 227. The lowest BCUT2D eigenvalue weighted by Crippen LogP contribution is -2.26. The summed E-state index contributed by atoms with van der Waals surface area (Å²) < 4.78 is 0. The summed E-state index contributed by atoms with van der Waals surface area (Å²) in [6.45, 7) is 1.45. The van der Waals surface area contributed by atoms with Crippen LogP contribution in [0.2, 0.25) is 0 Å². The Morgan fingerprint density at radius 3 is 2.58 bits per heavy atom. The van der Waals surface area contributed by atoms with Gasteiger partial charge in [0.1, 0.15) is 0 Å². The van der Waals surface area contributed by atoms with Gasteiger partial charge < -0.3 is 10.6 Å². The summed E-state index contributed by atoms with van der Waals surface area (Å²) in [6, 6.07) is 0. The van der Waals surface area contributed by atoms with Crippen LogP contribution in [-0.2, 0) is 9.59 Å². The topological polar surface area (TPSA) is 58.2 Å². The fraction of sp³-hybridized carbons (Fsp3) is 0.750. The Morgan fingerprint density at radius 1 is 1.25 bits per heavy atom. The number of carbonyl (C=O) groups excluding carboxylic acids is 2. The van der Waals surface area contributed by atoms with Crippen molar-refractivity contribution in [2.45, 2.75) is 12.8 Å². The lowest BCUT2D eigenvalue weighted by atomic mass is 9.90. The van der Waals surface area contributed by atoms with E-state index in [2.05, 4.69) is 10.6 Å². The zero-order valence-corrected chi connectivity index (χ0v) is 6.80. The summed E-state index contributed by atoms with van der Waals surface area (Å²) in [5, 5.41) is 5.53. The van der Waals surface area contributed by atoms with Crippen molar-refractivity contribution in [3.63, 3.8) is 0 Å². The van der Waals surface area contributed by atoms with E-state index in [1.165, 1.54) is 0 Å². The normalized spacial score (nSPS) is 35.0. The molecule has 2 aliphatic rings. The van der Waals surface area contributed by atoms with Crippen molar-refractivity contribution in [1.29, 1.82) is 0 Å². The first-order valence-corrected chi connectivity index (χ1v) is 4.32. The maximum absolute atomic E-state index is 11.2. The molecular weight excluding hydrogens is 156 g/mol. The molecule has 0 bridgehead atoms. The van der Waals surface area contributed by atoms with Crippen molar-refractivity contribution in [3.05, 3.63) is 0 Å². The average Bonchev–Trinajstić information content (AvgIpc) is 2.58. The first-order chi connectivity index (χ1) is 5.77. The molecule has 4 heteroatoms. The Balaban J connectivity index is 2.00. The predicted octanol–water partition coefficient (Wildman–Crippen LogP) is -0.741. The standard InChI is InChI=1S/C8H12N2O2/c11-7-3-5(4-10-7)6-1-2-9-8(6)12/h5-6H,1-4H2,(H,9,12)(H,10,11). The van der Waals surface area contributed by atoms with E-state index >= 15 is 0 Å². The van der Waals surface area contributed by atoms with Crippen LogP contribution in [0, 0.1) is 11.8 Å². The molecule has 0 aromatic carbocycles. The van der Waals surface area contributed by atoms with Gasteiger partial charge >= 0.3 is 0 Å². The Morgan fingerprint density at radius 2 is 2.08 bits per heavy atom. The monoisotopic (exact) mass is 168 g/mol. The van der Waals surface area contributed by atoms with E-state index < -0.39 is 0 Å². The molecule has 2 atom stereocenters. The van der Waals surface area contributed by atoms with Crippen molar-refractivity contribution in [1.82, 2.24) is 10.6 Å². The quantitative estimate of drug-likeness (QED) is 0.541. The summed E-state index contributed by atoms with van der Waals surface area (Å²) >= 11 is 0. The van der Waals surface area contributed by atoms with Crippen LogP contribution in [0.1, 0.15) is 12.8 Å². The summed E-state index contributed by atoms with van der Waals surface area (Å²) in [7, 11) is 0. The maximum Gasteiger partial charge on any atom is 0.223 e. The third kappa shape index (κ3) is 1.17. The number of hydrogen-bond donors (Lipinski definition) is 2. The lowest BCUT2D eigenvalue weighted by Gasteiger charge is -2.11. The number of rotatable bonds is 1. The lowest BCUT2D eigenvalue weighted by molar-refractivity contribution is -0.123. The molecule has 2 heterocycles. The highest BCUT2D eigenvalue weighted by Gasteiger charge is 2.36. The number of hydrogen-bond acceptors (Lipinski definition) is 2. The summed E-state index contributed by atoms with van der Waals surface area (Å²) in [6.07, 6.45) is 1.41. The second kappa shape index (κ2) is 2.77. The highest BCUT2D eigenvalue weighted by Crippen LogP contribution is 2.25. The minimum absolute atomic E-state index is 0.0731. The highest BCUT2D eigenvalue weighted by atomic mass is 16.2. The van der Waals surface area contributed by atoms with E-state index in [1.807, 2.05) is 0 Å². The van der Waals surface area contributed by atoms with Crippen molar-refractivity contribution in [2.75, 3.05) is 13.1 Å². The molecule has 2 rings (SSSR count). The molecule has 66 valence electrons. The van der Waals surface area contributed by atoms with Crippen molar-refractivity contribution in [3.8, 4) is 0 Å². The van der Waals surface area contributed by atoms with Gasteiger partial charge in [0, 0.05) is 25.4 Å². The van der Waals surface area contributed by atoms with E-state index in [0.29, 0.717) is 13.0 Å². The van der Waals surface area contributed by atoms with Gasteiger partial charge in [0.15, 0.2) is 0 Å². The fourth-order valence-corrected chi connectivity index (χ4v) is 1.97. The van der Waals surface area contributed by atoms with Gasteiger partial charge in [0.2, 0.25) is 11.8 Å². The summed E-state index contributed by atoms with van der Waals surface area (Å²) in [5.41, 5.74) is 0. The minimum Gasteiger partial charge on any atom is -0.356 e. The first-order valence-electron chi connectivity index (χ1n) is 4.32. The van der Waals surface area contributed by atoms with Crippen LogP contribution in [0.15, 0.2) is 0 Å². The molecule has 4 nitrogen and oxygen atoms in total. The molecule has 2 fully saturated rings. The molecule has 0 aromatic heterocycles. The van der Waals surface area contributed by atoms with Gasteiger partial charge in [-0.25, -0.2) is 0 Å². The van der Waals surface area contributed by atoms with E-state index in [0.717, 1.165) is 13.0 Å². The fourth-order valence-electron chi connectivity index (χ4n) is 1.97. The van der Waals surface area contributed by atoms with Gasteiger partial charge in [-0.2, -0.15) is 0 Å². The molecule has 2 amide bonds. The second-order valence-corrected chi connectivity index (χ2v) is 3.45. The molecule has 12 heavy (non-hydrogen) atoms. The second-order valence-electron chi connectivity index (χ2n) is 3.45. The zero-order valence-electron chi connectivity index (χ0n) is 6.80. The van der Waals surface area contributed by atoms with E-state index in [-0.39, 0.29) is 23.7 Å². The van der Waals surface area contributed by atoms with E-state index in [1.54, 1.807) is 0 Å². The molecule has 0 saturated carbocycles. The largest absolute Gasteiger partial charge is 0.356 e. The van der Waals surface area contributed by atoms with Crippen LogP contribution in [0.5, 0.6) is 0 Å². The Hall–Kier alpha value is -1.06. The first kappa shape index (κ1) is 7.58. The molecule has 0 spiro atoms. The third-order valence-corrected chi connectivity index (χ3v) is 2.67. The molecule has 2 N–H and O–H groups in total. The smallest absolute Gasteiger partial charge is 0.223 e. The van der Waals surface area contributed by atoms with Crippen LogP contribution < -0.4 is 10.6 Å². The SMILES string of the molecule is O=C1CC(C2CCNC2=O)CN1. The van der Waals surface area contributed by atoms with E-state index in [4.69, 9.17) is 0 Å². The summed E-state index contributed by atoms with van der Waals surface area (Å²) in [4.78, 5) is 22.1. The third-order valence-electron chi connectivity index (χ3n) is 2.67. The molecule has 0 aliphatic carbocycles. The Labute approximate surface area is 70.7 Å². The van der Waals surface area contributed by atoms with Gasteiger partial charge in [-0.1, -0.05) is 0 Å². The van der Waals surface area contributed by atoms with Crippen LogP contribution >= 0.6 is 0 Å². The van der Waals surface area contributed by atoms with Crippen LogP contribution in [0.25, 0.3) is 0 Å². The average molecular weight is 168 g/mol.